The maximum absolute atomic E-state index is 12.2. The van der Waals surface area contributed by atoms with Crippen molar-refractivity contribution in [3.63, 3.8) is 0 Å². The number of anilines is 1. The highest BCUT2D eigenvalue weighted by Crippen LogP contribution is 2.25. The van der Waals surface area contributed by atoms with Crippen LogP contribution in [0, 0.1) is 0 Å². The molecule has 0 fully saturated rings. The molecule has 152 valence electrons. The second-order valence-electron chi connectivity index (χ2n) is 6.42. The summed E-state index contributed by atoms with van der Waals surface area (Å²) in [5.41, 5.74) is 2.34. The van der Waals surface area contributed by atoms with Crippen molar-refractivity contribution in [2.75, 3.05) is 11.9 Å². The average molecular weight is 411 g/mol. The summed E-state index contributed by atoms with van der Waals surface area (Å²) >= 11 is 0. The Labute approximate surface area is 169 Å². The molecule has 30 heavy (non-hydrogen) atoms. The minimum Gasteiger partial charge on any atom is -0.468 e. The van der Waals surface area contributed by atoms with E-state index in [1.807, 2.05) is 36.4 Å². The van der Waals surface area contributed by atoms with E-state index in [2.05, 4.69) is 30.0 Å². The molecule has 0 aliphatic rings. The lowest BCUT2D eigenvalue weighted by Crippen LogP contribution is -2.19. The molecule has 0 atom stereocenters. The Morgan fingerprint density at radius 2 is 1.80 bits per heavy atom. The Hall–Kier alpha value is -3.75. The molecular formula is C21H16F3N5O. The van der Waals surface area contributed by atoms with E-state index in [9.17, 15) is 13.2 Å². The molecule has 0 saturated heterocycles. The number of hydrogen-bond acceptors (Lipinski definition) is 6. The molecule has 0 radical (unpaired) electrons. The van der Waals surface area contributed by atoms with Gasteiger partial charge in [-0.1, -0.05) is 18.2 Å². The van der Waals surface area contributed by atoms with Gasteiger partial charge in [-0.25, -0.2) is 15.0 Å². The third kappa shape index (κ3) is 4.80. The van der Waals surface area contributed by atoms with Gasteiger partial charge in [-0.05, 0) is 29.8 Å². The number of pyridine rings is 2. The van der Waals surface area contributed by atoms with Crippen molar-refractivity contribution < 1.29 is 17.9 Å². The van der Waals surface area contributed by atoms with Gasteiger partial charge in [0.1, 0.15) is 5.82 Å². The predicted octanol–water partition coefficient (Wildman–Crippen LogP) is 4.64. The lowest BCUT2D eigenvalue weighted by atomic mass is 10.2. The molecule has 4 aromatic rings. The number of ether oxygens (including phenoxy) is 1. The summed E-state index contributed by atoms with van der Waals surface area (Å²) in [5, 5.41) is 4.11. The van der Waals surface area contributed by atoms with Crippen LogP contribution in [0.1, 0.15) is 5.56 Å². The zero-order valence-corrected chi connectivity index (χ0v) is 15.6. The molecule has 0 spiro atoms. The highest BCUT2D eigenvalue weighted by atomic mass is 19.4. The summed E-state index contributed by atoms with van der Waals surface area (Å²) in [4.78, 5) is 17.3. The van der Waals surface area contributed by atoms with Gasteiger partial charge in [0.25, 0.3) is 0 Å². The summed E-state index contributed by atoms with van der Waals surface area (Å²) in [7, 11) is 0. The first-order chi connectivity index (χ1) is 14.5. The fraction of sp³-hybridized carbons (Fsp3) is 0.143. The quantitative estimate of drug-likeness (QED) is 0.498. The number of aromatic nitrogens is 4. The van der Waals surface area contributed by atoms with Crippen LogP contribution in [0.3, 0.4) is 0 Å². The van der Waals surface area contributed by atoms with Crippen molar-refractivity contribution in [2.45, 2.75) is 12.7 Å². The Kier molecular flexibility index (Phi) is 5.42. The van der Waals surface area contributed by atoms with Crippen LogP contribution >= 0.6 is 0 Å². The first kappa shape index (κ1) is 19.6. The Bertz CT molecular complexity index is 1130. The third-order valence-electron chi connectivity index (χ3n) is 4.16. The molecular weight excluding hydrogens is 395 g/mol. The molecule has 0 aliphatic carbocycles. The van der Waals surface area contributed by atoms with Crippen molar-refractivity contribution >= 4 is 16.7 Å². The normalized spacial score (nSPS) is 11.4. The van der Waals surface area contributed by atoms with Crippen LogP contribution in [0.4, 0.5) is 19.0 Å². The molecule has 1 N–H and O–H groups in total. The highest BCUT2D eigenvalue weighted by molar-refractivity contribution is 5.90. The van der Waals surface area contributed by atoms with Crippen molar-refractivity contribution in [3.05, 3.63) is 72.7 Å². The van der Waals surface area contributed by atoms with Crippen molar-refractivity contribution in [2.24, 2.45) is 0 Å². The van der Waals surface area contributed by atoms with E-state index < -0.39 is 12.8 Å². The number of hydrogen-bond donors (Lipinski definition) is 1. The van der Waals surface area contributed by atoms with Gasteiger partial charge in [-0.2, -0.15) is 13.2 Å². The number of nitrogens with one attached hydrogen (secondary N) is 1. The van der Waals surface area contributed by atoms with Gasteiger partial charge in [0.05, 0.1) is 5.52 Å². The van der Waals surface area contributed by atoms with Crippen LogP contribution < -0.4 is 10.1 Å². The SMILES string of the molecule is FC(F)(F)COc1ccc(CNc2nc(-c3cccnc3)nc3ccccc23)cn1. The lowest BCUT2D eigenvalue weighted by Gasteiger charge is -2.12. The van der Waals surface area contributed by atoms with E-state index in [1.54, 1.807) is 18.5 Å². The largest absolute Gasteiger partial charge is 0.468 e. The standard InChI is InChI=1S/C21H16F3N5O/c22-21(23,24)13-30-18-8-7-14(10-26-18)11-27-20-16-5-1-2-6-17(16)28-19(29-20)15-4-3-9-25-12-15/h1-10,12H,11,13H2,(H,27,28,29). The minimum absolute atomic E-state index is 0.0811. The van der Waals surface area contributed by atoms with Crippen molar-refractivity contribution in [3.8, 4) is 17.3 Å². The van der Waals surface area contributed by atoms with E-state index in [0.717, 1.165) is 22.0 Å². The number of rotatable bonds is 6. The van der Waals surface area contributed by atoms with Crippen LogP contribution in [0.15, 0.2) is 67.1 Å². The van der Waals surface area contributed by atoms with Gasteiger partial charge in [-0.15, -0.1) is 0 Å². The molecule has 0 bridgehead atoms. The molecule has 0 unspecified atom stereocenters. The molecule has 6 nitrogen and oxygen atoms in total. The highest BCUT2D eigenvalue weighted by Gasteiger charge is 2.28. The smallest absolute Gasteiger partial charge is 0.422 e. The van der Waals surface area contributed by atoms with Crippen molar-refractivity contribution in [1.29, 1.82) is 0 Å². The second-order valence-corrected chi connectivity index (χ2v) is 6.42. The van der Waals surface area contributed by atoms with Crippen LogP contribution in [0.5, 0.6) is 5.88 Å². The van der Waals surface area contributed by atoms with E-state index >= 15 is 0 Å². The van der Waals surface area contributed by atoms with E-state index in [4.69, 9.17) is 0 Å². The van der Waals surface area contributed by atoms with Gasteiger partial charge < -0.3 is 10.1 Å². The summed E-state index contributed by atoms with van der Waals surface area (Å²) in [5.74, 6) is 1.09. The fourth-order valence-corrected chi connectivity index (χ4v) is 2.78. The number of fused-ring (bicyclic) bond motifs is 1. The number of para-hydroxylation sites is 1. The minimum atomic E-state index is -4.40. The Balaban J connectivity index is 1.53. The average Bonchev–Trinajstić information content (AvgIpc) is 2.76. The molecule has 3 aromatic heterocycles. The zero-order chi connectivity index (χ0) is 21.0. The van der Waals surface area contributed by atoms with Gasteiger partial charge in [-0.3, -0.25) is 4.98 Å². The number of benzene rings is 1. The van der Waals surface area contributed by atoms with Crippen LogP contribution in [-0.4, -0.2) is 32.7 Å². The first-order valence-electron chi connectivity index (χ1n) is 9.03. The number of alkyl halides is 3. The van der Waals surface area contributed by atoms with Gasteiger partial charge in [0.15, 0.2) is 12.4 Å². The molecule has 0 amide bonds. The van der Waals surface area contributed by atoms with Crippen molar-refractivity contribution in [1.82, 2.24) is 19.9 Å². The van der Waals surface area contributed by atoms with Crippen LogP contribution in [0.2, 0.25) is 0 Å². The topological polar surface area (TPSA) is 72.8 Å². The molecule has 4 rings (SSSR count). The molecule has 3 heterocycles. The fourth-order valence-electron chi connectivity index (χ4n) is 2.78. The molecule has 0 aliphatic heterocycles. The summed E-state index contributed by atoms with van der Waals surface area (Å²) in [6, 6.07) is 14.4. The molecule has 0 saturated carbocycles. The summed E-state index contributed by atoms with van der Waals surface area (Å²) < 4.78 is 41.3. The monoisotopic (exact) mass is 411 g/mol. The van der Waals surface area contributed by atoms with E-state index in [1.165, 1.54) is 12.3 Å². The van der Waals surface area contributed by atoms with Gasteiger partial charge in [0, 0.05) is 42.2 Å². The molecule has 1 aromatic carbocycles. The predicted molar refractivity (Wildman–Crippen MR) is 106 cm³/mol. The maximum Gasteiger partial charge on any atom is 0.422 e. The zero-order valence-electron chi connectivity index (χ0n) is 15.6. The van der Waals surface area contributed by atoms with Crippen LogP contribution in [0.25, 0.3) is 22.3 Å². The Morgan fingerprint density at radius 1 is 0.933 bits per heavy atom. The lowest BCUT2D eigenvalue weighted by molar-refractivity contribution is -0.154. The summed E-state index contributed by atoms with van der Waals surface area (Å²) in [6.07, 6.45) is 0.433. The third-order valence-corrected chi connectivity index (χ3v) is 4.16. The number of nitrogens with zero attached hydrogens (tertiary/aromatic N) is 4. The summed E-state index contributed by atoms with van der Waals surface area (Å²) in [6.45, 7) is -0.998. The first-order valence-corrected chi connectivity index (χ1v) is 9.03. The van der Waals surface area contributed by atoms with Crippen LogP contribution in [-0.2, 0) is 6.54 Å². The number of halogens is 3. The second kappa shape index (κ2) is 8.32. The Morgan fingerprint density at radius 3 is 2.53 bits per heavy atom. The van der Waals surface area contributed by atoms with E-state index in [0.29, 0.717) is 18.2 Å². The molecule has 9 heteroatoms. The van der Waals surface area contributed by atoms with E-state index in [-0.39, 0.29) is 5.88 Å². The van der Waals surface area contributed by atoms with Gasteiger partial charge >= 0.3 is 6.18 Å². The maximum atomic E-state index is 12.2. The van der Waals surface area contributed by atoms with Gasteiger partial charge in [0.2, 0.25) is 5.88 Å².